The Morgan fingerprint density at radius 2 is 2.12 bits per heavy atom. The Morgan fingerprint density at radius 1 is 1.25 bits per heavy atom. The third-order valence-electron chi connectivity index (χ3n) is 4.73. The molecular formula is C17H22N6O. The van der Waals surface area contributed by atoms with Crippen molar-refractivity contribution in [3.8, 4) is 0 Å². The molecule has 4 rings (SSSR count). The predicted molar refractivity (Wildman–Crippen MR) is 91.0 cm³/mol. The molecule has 7 nitrogen and oxygen atoms in total. The summed E-state index contributed by atoms with van der Waals surface area (Å²) in [7, 11) is 0. The van der Waals surface area contributed by atoms with Crippen LogP contribution in [-0.4, -0.2) is 51.5 Å². The van der Waals surface area contributed by atoms with E-state index in [2.05, 4.69) is 30.4 Å². The molecule has 2 aromatic rings. The number of aryl methyl sites for hydroxylation is 1. The zero-order valence-electron chi connectivity index (χ0n) is 13.9. The van der Waals surface area contributed by atoms with E-state index in [1.165, 1.54) is 0 Å². The van der Waals surface area contributed by atoms with E-state index in [1.54, 1.807) is 12.4 Å². The van der Waals surface area contributed by atoms with Crippen molar-refractivity contribution in [3.05, 3.63) is 36.3 Å². The van der Waals surface area contributed by atoms with Gasteiger partial charge >= 0.3 is 0 Å². The van der Waals surface area contributed by atoms with Gasteiger partial charge in [-0.1, -0.05) is 0 Å². The number of anilines is 2. The second kappa shape index (κ2) is 6.32. The molecular weight excluding hydrogens is 304 g/mol. The van der Waals surface area contributed by atoms with Crippen LogP contribution in [0.5, 0.6) is 0 Å². The normalized spacial score (nSPS) is 26.7. The molecule has 126 valence electrons. The molecule has 2 fully saturated rings. The lowest BCUT2D eigenvalue weighted by atomic mass is 9.89. The molecule has 0 aliphatic carbocycles. The Morgan fingerprint density at radius 3 is 2.92 bits per heavy atom. The van der Waals surface area contributed by atoms with Crippen molar-refractivity contribution in [2.24, 2.45) is 0 Å². The van der Waals surface area contributed by atoms with E-state index in [-0.39, 0.29) is 11.6 Å². The number of rotatable bonds is 3. The minimum atomic E-state index is -0.118. The first-order valence-corrected chi connectivity index (χ1v) is 8.45. The van der Waals surface area contributed by atoms with Gasteiger partial charge in [0.05, 0.1) is 23.9 Å². The first-order valence-electron chi connectivity index (χ1n) is 8.45. The summed E-state index contributed by atoms with van der Waals surface area (Å²) in [4.78, 5) is 11.0. The number of piperidine rings is 1. The maximum absolute atomic E-state index is 6.23. The van der Waals surface area contributed by atoms with E-state index in [0.29, 0.717) is 6.61 Å². The third-order valence-corrected chi connectivity index (χ3v) is 4.73. The van der Waals surface area contributed by atoms with E-state index >= 15 is 0 Å². The fraction of sp³-hybridized carbons (Fsp3) is 0.529. The average Bonchev–Trinajstić information content (AvgIpc) is 2.99. The topological polar surface area (TPSA) is 76.1 Å². The van der Waals surface area contributed by atoms with Crippen molar-refractivity contribution in [2.45, 2.75) is 37.8 Å². The lowest BCUT2D eigenvalue weighted by molar-refractivity contribution is -0.00668. The van der Waals surface area contributed by atoms with Crippen LogP contribution in [-0.2, 0) is 4.74 Å². The van der Waals surface area contributed by atoms with E-state index in [9.17, 15) is 0 Å². The average molecular weight is 326 g/mol. The number of hydrogen-bond acceptors (Lipinski definition) is 7. The van der Waals surface area contributed by atoms with Gasteiger partial charge in [-0.15, -0.1) is 5.10 Å². The molecule has 2 aliphatic rings. The maximum atomic E-state index is 6.23. The molecule has 4 heterocycles. The fourth-order valence-corrected chi connectivity index (χ4v) is 3.63. The highest BCUT2D eigenvalue weighted by atomic mass is 16.5. The van der Waals surface area contributed by atoms with E-state index in [1.807, 2.05) is 25.1 Å². The molecule has 2 atom stereocenters. The van der Waals surface area contributed by atoms with Crippen molar-refractivity contribution in [3.63, 3.8) is 0 Å². The molecule has 1 N–H and O–H groups in total. The lowest BCUT2D eigenvalue weighted by Gasteiger charge is -2.39. The fourth-order valence-electron chi connectivity index (χ4n) is 3.63. The largest absolute Gasteiger partial charge is 0.371 e. The molecule has 1 spiro atoms. The van der Waals surface area contributed by atoms with Gasteiger partial charge < -0.3 is 15.0 Å². The Balaban J connectivity index is 1.42. The van der Waals surface area contributed by atoms with E-state index in [4.69, 9.17) is 4.74 Å². The second-order valence-corrected chi connectivity index (χ2v) is 6.67. The van der Waals surface area contributed by atoms with Crippen LogP contribution in [0.4, 0.5) is 11.8 Å². The maximum Gasteiger partial charge on any atom is 0.225 e. The number of nitrogens with zero attached hydrogens (tertiary/aromatic N) is 5. The number of ether oxygens (including phenoxy) is 1. The van der Waals surface area contributed by atoms with E-state index in [0.717, 1.165) is 49.8 Å². The van der Waals surface area contributed by atoms with Crippen molar-refractivity contribution in [1.29, 1.82) is 0 Å². The molecule has 7 heteroatoms. The van der Waals surface area contributed by atoms with Gasteiger partial charge in [0.15, 0.2) is 0 Å². The third kappa shape index (κ3) is 3.17. The van der Waals surface area contributed by atoms with Gasteiger partial charge in [0.2, 0.25) is 5.95 Å². The number of nitrogens with one attached hydrogen (secondary N) is 1. The standard InChI is InChI=1S/C17H22N6O/c1-13-4-5-15(22-21-13)20-14-10-17(24-11-14)6-2-9-23(12-17)16-18-7-3-8-19-16/h3-5,7-8,14H,2,6,9-12H2,1H3,(H,20,22). The summed E-state index contributed by atoms with van der Waals surface area (Å²) in [6, 6.07) is 6.05. The van der Waals surface area contributed by atoms with Crippen LogP contribution in [0, 0.1) is 6.92 Å². The molecule has 0 saturated carbocycles. The van der Waals surface area contributed by atoms with Crippen molar-refractivity contribution in [2.75, 3.05) is 29.9 Å². The SMILES string of the molecule is Cc1ccc(NC2COC3(CCCN(c4ncccn4)C3)C2)nn1. The number of hydrogen-bond donors (Lipinski definition) is 1. The van der Waals surface area contributed by atoms with Crippen LogP contribution in [0.25, 0.3) is 0 Å². The second-order valence-electron chi connectivity index (χ2n) is 6.67. The van der Waals surface area contributed by atoms with Crippen LogP contribution in [0.15, 0.2) is 30.6 Å². The highest BCUT2D eigenvalue weighted by molar-refractivity contribution is 5.36. The summed E-state index contributed by atoms with van der Waals surface area (Å²) in [6.45, 7) is 4.46. The van der Waals surface area contributed by atoms with E-state index < -0.39 is 0 Å². The molecule has 24 heavy (non-hydrogen) atoms. The molecule has 2 aliphatic heterocycles. The van der Waals surface area contributed by atoms with Crippen LogP contribution in [0.2, 0.25) is 0 Å². The predicted octanol–water partition coefficient (Wildman–Crippen LogP) is 1.82. The molecule has 0 radical (unpaired) electrons. The molecule has 0 amide bonds. The summed E-state index contributed by atoms with van der Waals surface area (Å²) < 4.78 is 6.23. The van der Waals surface area contributed by atoms with Crippen LogP contribution >= 0.6 is 0 Å². The van der Waals surface area contributed by atoms with Crippen LogP contribution in [0.1, 0.15) is 25.0 Å². The minimum absolute atomic E-state index is 0.118. The van der Waals surface area contributed by atoms with Gasteiger partial charge in [0.1, 0.15) is 5.82 Å². The van der Waals surface area contributed by atoms with Gasteiger partial charge in [-0.25, -0.2) is 9.97 Å². The Hall–Kier alpha value is -2.28. The van der Waals surface area contributed by atoms with Gasteiger partial charge in [-0.3, -0.25) is 0 Å². The summed E-state index contributed by atoms with van der Waals surface area (Å²) in [5, 5.41) is 11.7. The monoisotopic (exact) mass is 326 g/mol. The summed E-state index contributed by atoms with van der Waals surface area (Å²) in [5.74, 6) is 1.60. The highest BCUT2D eigenvalue weighted by Crippen LogP contribution is 2.36. The smallest absolute Gasteiger partial charge is 0.225 e. The quantitative estimate of drug-likeness (QED) is 0.922. The lowest BCUT2D eigenvalue weighted by Crippen LogP contribution is -2.48. The van der Waals surface area contributed by atoms with Gasteiger partial charge in [0.25, 0.3) is 0 Å². The Bertz CT molecular complexity index is 679. The van der Waals surface area contributed by atoms with Crippen molar-refractivity contribution in [1.82, 2.24) is 20.2 Å². The molecule has 2 aromatic heterocycles. The van der Waals surface area contributed by atoms with Gasteiger partial charge in [0, 0.05) is 31.9 Å². The first kappa shape index (κ1) is 15.3. The van der Waals surface area contributed by atoms with Gasteiger partial charge in [-0.2, -0.15) is 5.10 Å². The molecule has 2 unspecified atom stereocenters. The minimum Gasteiger partial charge on any atom is -0.371 e. The Labute approximate surface area is 141 Å². The summed E-state index contributed by atoms with van der Waals surface area (Å²) >= 11 is 0. The Kier molecular flexibility index (Phi) is 4.02. The van der Waals surface area contributed by atoms with Crippen molar-refractivity contribution < 1.29 is 4.74 Å². The zero-order chi connectivity index (χ0) is 16.4. The van der Waals surface area contributed by atoms with Crippen molar-refractivity contribution >= 4 is 11.8 Å². The highest BCUT2D eigenvalue weighted by Gasteiger charge is 2.44. The van der Waals surface area contributed by atoms with Crippen LogP contribution < -0.4 is 10.2 Å². The summed E-state index contributed by atoms with van der Waals surface area (Å²) in [5.41, 5.74) is 0.804. The van der Waals surface area contributed by atoms with Crippen LogP contribution in [0.3, 0.4) is 0 Å². The molecule has 0 bridgehead atoms. The first-order chi connectivity index (χ1) is 11.7. The molecule has 2 saturated heterocycles. The zero-order valence-corrected chi connectivity index (χ0v) is 13.9. The van der Waals surface area contributed by atoms with Gasteiger partial charge in [-0.05, 0) is 38.0 Å². The molecule has 0 aromatic carbocycles. The number of aromatic nitrogens is 4. The summed E-state index contributed by atoms with van der Waals surface area (Å²) in [6.07, 6.45) is 6.72.